The van der Waals surface area contributed by atoms with Gasteiger partial charge in [-0.2, -0.15) is 4.39 Å². The van der Waals surface area contributed by atoms with Gasteiger partial charge in [-0.25, -0.2) is 4.79 Å². The first-order valence-electron chi connectivity index (χ1n) is 5.18. The van der Waals surface area contributed by atoms with E-state index in [1.54, 1.807) is 12.1 Å². The number of fused-ring (bicyclic) bond motifs is 1. The number of hydrogen-bond acceptors (Lipinski definition) is 1. The third-order valence-electron chi connectivity index (χ3n) is 2.70. The van der Waals surface area contributed by atoms with Crippen molar-refractivity contribution in [1.29, 1.82) is 0 Å². The molecule has 2 nitrogen and oxygen atoms in total. The number of carboxylic acid groups (broad SMARTS) is 1. The molecule has 0 spiro atoms. The van der Waals surface area contributed by atoms with Crippen molar-refractivity contribution in [3.05, 3.63) is 53.9 Å². The largest absolute Gasteiger partial charge is 0.476 e. The van der Waals surface area contributed by atoms with Crippen LogP contribution in [0.3, 0.4) is 0 Å². The summed E-state index contributed by atoms with van der Waals surface area (Å²) in [5.41, 5.74) is 0.729. The number of allylic oxidation sites excluding steroid dienone is 1. The van der Waals surface area contributed by atoms with Crippen LogP contribution in [-0.2, 0) is 4.79 Å². The standard InChI is InChI=1S/C14H11FO2.ClH/c1-9(13(15)14(16)17)11-7-6-10-4-2-3-5-12(10)8-11;/h2-8H,1H3,(H,16,17);1H. The Morgan fingerprint density at radius 1 is 1.11 bits per heavy atom. The van der Waals surface area contributed by atoms with Gasteiger partial charge in [0.15, 0.2) is 0 Å². The van der Waals surface area contributed by atoms with E-state index in [1.807, 2.05) is 30.3 Å². The maximum absolute atomic E-state index is 13.3. The average molecular weight is 267 g/mol. The van der Waals surface area contributed by atoms with Gasteiger partial charge in [-0.15, -0.1) is 12.4 Å². The van der Waals surface area contributed by atoms with Crippen LogP contribution >= 0.6 is 12.4 Å². The van der Waals surface area contributed by atoms with E-state index in [-0.39, 0.29) is 18.0 Å². The van der Waals surface area contributed by atoms with Crippen molar-refractivity contribution in [2.75, 3.05) is 0 Å². The second kappa shape index (κ2) is 5.65. The number of rotatable bonds is 2. The molecular formula is C14H12ClFO2. The van der Waals surface area contributed by atoms with Gasteiger partial charge in [0.25, 0.3) is 0 Å². The lowest BCUT2D eigenvalue weighted by molar-refractivity contribution is -0.134. The van der Waals surface area contributed by atoms with Crippen LogP contribution in [0.1, 0.15) is 12.5 Å². The molecular weight excluding hydrogens is 255 g/mol. The number of benzene rings is 2. The van der Waals surface area contributed by atoms with Crippen LogP contribution in [0.2, 0.25) is 0 Å². The quantitative estimate of drug-likeness (QED) is 0.833. The minimum absolute atomic E-state index is 0. The summed E-state index contributed by atoms with van der Waals surface area (Å²) in [6, 6.07) is 13.0. The van der Waals surface area contributed by atoms with E-state index in [2.05, 4.69) is 0 Å². The molecule has 0 saturated carbocycles. The van der Waals surface area contributed by atoms with Gasteiger partial charge >= 0.3 is 5.97 Å². The average Bonchev–Trinajstić information content (AvgIpc) is 2.36. The van der Waals surface area contributed by atoms with Crippen molar-refractivity contribution in [3.63, 3.8) is 0 Å². The predicted molar refractivity (Wildman–Crippen MR) is 72.5 cm³/mol. The molecule has 0 atom stereocenters. The number of aliphatic carboxylic acids is 1. The summed E-state index contributed by atoms with van der Waals surface area (Å²) < 4.78 is 13.3. The number of carboxylic acids is 1. The zero-order valence-corrected chi connectivity index (χ0v) is 10.5. The molecule has 0 aromatic heterocycles. The number of halogens is 2. The molecule has 0 bridgehead atoms. The fourth-order valence-electron chi connectivity index (χ4n) is 1.71. The van der Waals surface area contributed by atoms with Crippen molar-refractivity contribution < 1.29 is 14.3 Å². The predicted octanol–water partition coefficient (Wildman–Crippen LogP) is 4.05. The first-order chi connectivity index (χ1) is 8.09. The van der Waals surface area contributed by atoms with E-state index >= 15 is 0 Å². The molecule has 18 heavy (non-hydrogen) atoms. The Bertz CT molecular complexity index is 620. The molecule has 1 N–H and O–H groups in total. The Kier molecular flexibility index (Phi) is 4.45. The smallest absolute Gasteiger partial charge is 0.365 e. The molecule has 2 aromatic carbocycles. The van der Waals surface area contributed by atoms with E-state index in [9.17, 15) is 9.18 Å². The van der Waals surface area contributed by atoms with E-state index in [1.165, 1.54) is 6.92 Å². The Morgan fingerprint density at radius 2 is 1.72 bits per heavy atom. The second-order valence-corrected chi connectivity index (χ2v) is 3.81. The Labute approximate surface area is 110 Å². The van der Waals surface area contributed by atoms with Crippen LogP contribution in [0.15, 0.2) is 48.3 Å². The summed E-state index contributed by atoms with van der Waals surface area (Å²) >= 11 is 0. The van der Waals surface area contributed by atoms with Gasteiger partial charge in [0.2, 0.25) is 5.83 Å². The second-order valence-electron chi connectivity index (χ2n) is 3.81. The van der Waals surface area contributed by atoms with Gasteiger partial charge < -0.3 is 5.11 Å². The van der Waals surface area contributed by atoms with Gasteiger partial charge in [-0.1, -0.05) is 36.4 Å². The summed E-state index contributed by atoms with van der Waals surface area (Å²) in [4.78, 5) is 10.5. The Morgan fingerprint density at radius 3 is 2.33 bits per heavy atom. The fraction of sp³-hybridized carbons (Fsp3) is 0.0714. The molecule has 0 aliphatic rings. The Hall–Kier alpha value is -1.87. The van der Waals surface area contributed by atoms with E-state index < -0.39 is 11.8 Å². The zero-order valence-electron chi connectivity index (χ0n) is 9.68. The summed E-state index contributed by atoms with van der Waals surface area (Å²) in [5, 5.41) is 10.6. The van der Waals surface area contributed by atoms with Crippen LogP contribution in [0, 0.1) is 0 Å². The number of hydrogen-bond donors (Lipinski definition) is 1. The summed E-state index contributed by atoms with van der Waals surface area (Å²) in [6.45, 7) is 1.47. The summed E-state index contributed by atoms with van der Waals surface area (Å²) in [6.07, 6.45) is 0. The lowest BCUT2D eigenvalue weighted by atomic mass is 10.0. The van der Waals surface area contributed by atoms with Crippen molar-refractivity contribution in [2.45, 2.75) is 6.92 Å². The monoisotopic (exact) mass is 266 g/mol. The fourth-order valence-corrected chi connectivity index (χ4v) is 1.71. The van der Waals surface area contributed by atoms with Crippen molar-refractivity contribution in [3.8, 4) is 0 Å². The first kappa shape index (κ1) is 14.2. The molecule has 94 valence electrons. The number of carbonyl (C=O) groups is 1. The molecule has 0 unspecified atom stereocenters. The molecule has 0 aliphatic heterocycles. The topological polar surface area (TPSA) is 37.3 Å². The minimum Gasteiger partial charge on any atom is -0.476 e. The van der Waals surface area contributed by atoms with Crippen LogP contribution in [-0.4, -0.2) is 11.1 Å². The zero-order chi connectivity index (χ0) is 12.4. The van der Waals surface area contributed by atoms with E-state index in [4.69, 9.17) is 5.11 Å². The van der Waals surface area contributed by atoms with Gasteiger partial charge in [-0.3, -0.25) is 0 Å². The SMILES string of the molecule is CC(=C(F)C(=O)O)c1ccc2ccccc2c1.Cl. The third kappa shape index (κ3) is 2.68. The van der Waals surface area contributed by atoms with Gasteiger partial charge in [-0.05, 0) is 34.9 Å². The summed E-state index contributed by atoms with van der Waals surface area (Å²) in [7, 11) is 0. The Balaban J connectivity index is 0.00000162. The molecule has 0 heterocycles. The molecule has 0 saturated heterocycles. The molecule has 4 heteroatoms. The van der Waals surface area contributed by atoms with Crippen molar-refractivity contribution >= 4 is 34.7 Å². The van der Waals surface area contributed by atoms with Gasteiger partial charge in [0.1, 0.15) is 0 Å². The molecule has 0 aliphatic carbocycles. The normalized spacial score (nSPS) is 11.7. The van der Waals surface area contributed by atoms with Crippen molar-refractivity contribution in [2.24, 2.45) is 0 Å². The highest BCUT2D eigenvalue weighted by atomic mass is 35.5. The lowest BCUT2D eigenvalue weighted by Gasteiger charge is -2.04. The molecule has 0 fully saturated rings. The third-order valence-corrected chi connectivity index (χ3v) is 2.70. The highest BCUT2D eigenvalue weighted by Gasteiger charge is 2.11. The maximum atomic E-state index is 13.3. The van der Waals surface area contributed by atoms with Gasteiger partial charge in [0.05, 0.1) is 0 Å². The highest BCUT2D eigenvalue weighted by molar-refractivity contribution is 5.95. The molecule has 0 radical (unpaired) electrons. The van der Waals surface area contributed by atoms with E-state index in [0.717, 1.165) is 10.8 Å². The van der Waals surface area contributed by atoms with Crippen LogP contribution in [0.5, 0.6) is 0 Å². The molecule has 2 aromatic rings. The lowest BCUT2D eigenvalue weighted by Crippen LogP contribution is -1.97. The first-order valence-corrected chi connectivity index (χ1v) is 5.18. The van der Waals surface area contributed by atoms with Crippen LogP contribution in [0.25, 0.3) is 16.3 Å². The molecule has 0 amide bonds. The van der Waals surface area contributed by atoms with Crippen LogP contribution in [0.4, 0.5) is 4.39 Å². The molecule has 2 rings (SSSR count). The maximum Gasteiger partial charge on any atom is 0.365 e. The van der Waals surface area contributed by atoms with Crippen LogP contribution < -0.4 is 0 Å². The minimum atomic E-state index is -1.53. The van der Waals surface area contributed by atoms with E-state index in [0.29, 0.717) is 5.56 Å². The summed E-state index contributed by atoms with van der Waals surface area (Å²) in [5.74, 6) is -2.64. The van der Waals surface area contributed by atoms with Gasteiger partial charge in [0, 0.05) is 0 Å². The highest BCUT2D eigenvalue weighted by Crippen LogP contribution is 2.23. The van der Waals surface area contributed by atoms with Crippen molar-refractivity contribution in [1.82, 2.24) is 0 Å².